The summed E-state index contributed by atoms with van der Waals surface area (Å²) in [5.74, 6) is 0. The van der Waals surface area contributed by atoms with Gasteiger partial charge in [-0.25, -0.2) is 0 Å². The van der Waals surface area contributed by atoms with E-state index in [1.807, 2.05) is 11.3 Å². The van der Waals surface area contributed by atoms with Crippen LogP contribution in [0.15, 0.2) is 17.5 Å². The zero-order chi connectivity index (χ0) is 9.10. The molecule has 1 aromatic rings. The summed E-state index contributed by atoms with van der Waals surface area (Å²) in [6.07, 6.45) is 1.16. The molecule has 13 heavy (non-hydrogen) atoms. The third-order valence-corrected chi connectivity index (χ3v) is 3.29. The number of hydrogen-bond donors (Lipinski definition) is 2. The van der Waals surface area contributed by atoms with Crippen LogP contribution in [0, 0.1) is 0 Å². The van der Waals surface area contributed by atoms with E-state index in [1.165, 1.54) is 4.88 Å². The van der Waals surface area contributed by atoms with Gasteiger partial charge >= 0.3 is 0 Å². The van der Waals surface area contributed by atoms with E-state index in [1.54, 1.807) is 0 Å². The molecule has 1 fully saturated rings. The summed E-state index contributed by atoms with van der Waals surface area (Å²) < 4.78 is 0. The largest absolute Gasteiger partial charge is 0.314 e. The van der Waals surface area contributed by atoms with E-state index in [2.05, 4.69) is 35.1 Å². The first-order chi connectivity index (χ1) is 6.34. The van der Waals surface area contributed by atoms with E-state index in [9.17, 15) is 0 Å². The molecule has 1 atom stereocenters. The van der Waals surface area contributed by atoms with Gasteiger partial charge in [-0.2, -0.15) is 0 Å². The molecule has 2 nitrogen and oxygen atoms in total. The van der Waals surface area contributed by atoms with Crippen LogP contribution < -0.4 is 10.6 Å². The molecular formula is C10H16N2S. The number of hydrogen-bond acceptors (Lipinski definition) is 3. The quantitative estimate of drug-likeness (QED) is 0.757. The highest BCUT2D eigenvalue weighted by Crippen LogP contribution is 2.11. The van der Waals surface area contributed by atoms with Crippen molar-refractivity contribution in [1.29, 1.82) is 0 Å². The Hall–Kier alpha value is -0.380. The second-order valence-electron chi connectivity index (χ2n) is 3.71. The molecule has 2 rings (SSSR count). The van der Waals surface area contributed by atoms with Crippen molar-refractivity contribution in [1.82, 2.24) is 10.6 Å². The van der Waals surface area contributed by atoms with E-state index < -0.39 is 0 Å². The Labute approximate surface area is 83.4 Å². The van der Waals surface area contributed by atoms with Crippen LogP contribution in [0.5, 0.6) is 0 Å². The summed E-state index contributed by atoms with van der Waals surface area (Å²) in [7, 11) is 0. The van der Waals surface area contributed by atoms with E-state index in [4.69, 9.17) is 0 Å². The Balaban J connectivity index is 1.74. The lowest BCUT2D eigenvalue weighted by Gasteiger charge is -2.31. The summed E-state index contributed by atoms with van der Waals surface area (Å²) in [5, 5.41) is 9.01. The molecule has 3 heteroatoms. The zero-order valence-corrected chi connectivity index (χ0v) is 8.73. The second kappa shape index (κ2) is 4.22. The van der Waals surface area contributed by atoms with Crippen molar-refractivity contribution in [3.63, 3.8) is 0 Å². The topological polar surface area (TPSA) is 24.1 Å². The molecule has 0 aromatic carbocycles. The first-order valence-corrected chi connectivity index (χ1v) is 5.71. The molecule has 1 aromatic heterocycles. The lowest BCUT2D eigenvalue weighted by Crippen LogP contribution is -2.57. The fourth-order valence-electron chi connectivity index (χ4n) is 1.60. The van der Waals surface area contributed by atoms with Gasteiger partial charge in [-0.1, -0.05) is 6.07 Å². The first-order valence-electron chi connectivity index (χ1n) is 4.84. The Bertz CT molecular complexity index is 241. The molecule has 1 saturated heterocycles. The van der Waals surface area contributed by atoms with E-state index in [-0.39, 0.29) is 0 Å². The van der Waals surface area contributed by atoms with Gasteiger partial charge in [0.05, 0.1) is 0 Å². The highest BCUT2D eigenvalue weighted by molar-refractivity contribution is 7.09. The fourth-order valence-corrected chi connectivity index (χ4v) is 2.43. The molecule has 1 unspecified atom stereocenters. The lowest BCUT2D eigenvalue weighted by atomic mass is 10.1. The van der Waals surface area contributed by atoms with Gasteiger partial charge < -0.3 is 10.6 Å². The summed E-state index contributed by atoms with van der Waals surface area (Å²) in [4.78, 5) is 1.48. The number of nitrogens with one attached hydrogen (secondary N) is 2. The van der Waals surface area contributed by atoms with Crippen molar-refractivity contribution >= 4 is 11.3 Å². The van der Waals surface area contributed by atoms with Crippen molar-refractivity contribution in [2.75, 3.05) is 13.1 Å². The lowest BCUT2D eigenvalue weighted by molar-refractivity contribution is 0.335. The molecule has 0 amide bonds. The molecule has 0 spiro atoms. The minimum atomic E-state index is 0.603. The van der Waals surface area contributed by atoms with E-state index >= 15 is 0 Å². The van der Waals surface area contributed by atoms with Gasteiger partial charge in [0.1, 0.15) is 0 Å². The van der Waals surface area contributed by atoms with Crippen LogP contribution in [0.25, 0.3) is 0 Å². The smallest absolute Gasteiger partial charge is 0.0319 e. The van der Waals surface area contributed by atoms with Crippen LogP contribution >= 0.6 is 11.3 Å². The highest BCUT2D eigenvalue weighted by Gasteiger charge is 2.18. The summed E-state index contributed by atoms with van der Waals surface area (Å²) in [6, 6.07) is 5.64. The second-order valence-corrected chi connectivity index (χ2v) is 4.74. The summed E-state index contributed by atoms with van der Waals surface area (Å²) in [5.41, 5.74) is 0. The summed E-state index contributed by atoms with van der Waals surface area (Å²) in [6.45, 7) is 4.53. The predicted molar refractivity (Wildman–Crippen MR) is 57.3 cm³/mol. The minimum Gasteiger partial charge on any atom is -0.314 e. The van der Waals surface area contributed by atoms with Gasteiger partial charge in [-0.15, -0.1) is 11.3 Å². The maximum absolute atomic E-state index is 3.60. The SMILES string of the molecule is CC(Cc1cccs1)NC1CNC1. The van der Waals surface area contributed by atoms with E-state index in [0.29, 0.717) is 12.1 Å². The number of rotatable bonds is 4. The van der Waals surface area contributed by atoms with Crippen molar-refractivity contribution in [3.8, 4) is 0 Å². The molecule has 2 N–H and O–H groups in total. The Morgan fingerprint density at radius 1 is 1.69 bits per heavy atom. The molecule has 2 heterocycles. The molecule has 0 saturated carbocycles. The van der Waals surface area contributed by atoms with Crippen LogP contribution in [0.1, 0.15) is 11.8 Å². The van der Waals surface area contributed by atoms with Gasteiger partial charge in [0.15, 0.2) is 0 Å². The Kier molecular flexibility index (Phi) is 2.98. The molecule has 1 aliphatic rings. The van der Waals surface area contributed by atoms with Gasteiger partial charge in [-0.3, -0.25) is 0 Å². The van der Waals surface area contributed by atoms with Gasteiger partial charge in [0.2, 0.25) is 0 Å². The summed E-state index contributed by atoms with van der Waals surface area (Å²) >= 11 is 1.85. The van der Waals surface area contributed by atoms with Crippen LogP contribution in [-0.2, 0) is 6.42 Å². The van der Waals surface area contributed by atoms with Gasteiger partial charge in [-0.05, 0) is 24.8 Å². The normalized spacial score (nSPS) is 19.8. The van der Waals surface area contributed by atoms with Crippen molar-refractivity contribution in [2.45, 2.75) is 25.4 Å². The van der Waals surface area contributed by atoms with Crippen molar-refractivity contribution in [3.05, 3.63) is 22.4 Å². The Morgan fingerprint density at radius 3 is 3.08 bits per heavy atom. The minimum absolute atomic E-state index is 0.603. The number of thiophene rings is 1. The highest BCUT2D eigenvalue weighted by atomic mass is 32.1. The fraction of sp³-hybridized carbons (Fsp3) is 0.600. The first kappa shape index (κ1) is 9.19. The third kappa shape index (κ3) is 2.53. The maximum atomic E-state index is 3.60. The molecule has 0 radical (unpaired) electrons. The standard InChI is InChI=1S/C10H16N2S/c1-8(12-9-6-11-7-9)5-10-3-2-4-13-10/h2-4,8-9,11-12H,5-7H2,1H3. The zero-order valence-electron chi connectivity index (χ0n) is 7.92. The van der Waals surface area contributed by atoms with Gasteiger partial charge in [0, 0.05) is 30.1 Å². The van der Waals surface area contributed by atoms with Crippen molar-refractivity contribution < 1.29 is 0 Å². The average molecular weight is 196 g/mol. The van der Waals surface area contributed by atoms with Gasteiger partial charge in [0.25, 0.3) is 0 Å². The Morgan fingerprint density at radius 2 is 2.54 bits per heavy atom. The van der Waals surface area contributed by atoms with Crippen LogP contribution in [-0.4, -0.2) is 25.2 Å². The van der Waals surface area contributed by atoms with Crippen LogP contribution in [0.3, 0.4) is 0 Å². The molecule has 72 valence electrons. The molecule has 1 aliphatic heterocycles. The third-order valence-electron chi connectivity index (χ3n) is 2.39. The molecular weight excluding hydrogens is 180 g/mol. The van der Waals surface area contributed by atoms with Crippen LogP contribution in [0.2, 0.25) is 0 Å². The van der Waals surface area contributed by atoms with Crippen LogP contribution in [0.4, 0.5) is 0 Å². The molecule has 0 bridgehead atoms. The van der Waals surface area contributed by atoms with E-state index in [0.717, 1.165) is 19.5 Å². The monoisotopic (exact) mass is 196 g/mol. The molecule has 0 aliphatic carbocycles. The predicted octanol–water partition coefficient (Wildman–Crippen LogP) is 1.24. The van der Waals surface area contributed by atoms with Crippen molar-refractivity contribution in [2.24, 2.45) is 0 Å². The average Bonchev–Trinajstić information content (AvgIpc) is 2.49. The maximum Gasteiger partial charge on any atom is 0.0319 e.